The van der Waals surface area contributed by atoms with Crippen molar-refractivity contribution in [2.45, 2.75) is 19.4 Å². The summed E-state index contributed by atoms with van der Waals surface area (Å²) in [5.41, 5.74) is 1.35. The molecule has 134 valence electrons. The number of ether oxygens (including phenoxy) is 1. The van der Waals surface area contributed by atoms with E-state index in [1.807, 2.05) is 30.3 Å². The number of aliphatic hydroxyl groups is 1. The molecule has 1 aromatic heterocycles. The Morgan fingerprint density at radius 1 is 1.19 bits per heavy atom. The zero-order chi connectivity index (χ0) is 18.7. The topological polar surface area (TPSA) is 97.0 Å². The molecule has 0 saturated heterocycles. The highest BCUT2D eigenvalue weighted by atomic mass is 16.5. The van der Waals surface area contributed by atoms with Gasteiger partial charge in [-0.2, -0.15) is 0 Å². The number of carboxylic acid groups (broad SMARTS) is 1. The molecule has 0 spiro atoms. The first kappa shape index (κ1) is 17.7. The fraction of sp³-hybridized carbons (Fsp3) is 0.200. The summed E-state index contributed by atoms with van der Waals surface area (Å²) in [4.78, 5) is 23.8. The molecule has 0 aliphatic heterocycles. The molecule has 0 bridgehead atoms. The second-order valence-corrected chi connectivity index (χ2v) is 6.03. The fourth-order valence-electron chi connectivity index (χ4n) is 2.68. The maximum absolute atomic E-state index is 12.5. The van der Waals surface area contributed by atoms with Crippen LogP contribution in [0.15, 0.2) is 57.7 Å². The Bertz CT molecular complexity index is 988. The first-order chi connectivity index (χ1) is 12.5. The van der Waals surface area contributed by atoms with Gasteiger partial charge in [0.1, 0.15) is 23.3 Å². The lowest BCUT2D eigenvalue weighted by Gasteiger charge is -2.13. The number of aliphatic hydroxyl groups excluding tert-OH is 1. The molecule has 0 fully saturated rings. The molecule has 1 heterocycles. The van der Waals surface area contributed by atoms with E-state index in [0.717, 1.165) is 11.6 Å². The number of carbonyl (C=O) groups is 1. The van der Waals surface area contributed by atoms with Crippen LogP contribution in [0, 0.1) is 0 Å². The maximum atomic E-state index is 12.5. The van der Waals surface area contributed by atoms with Gasteiger partial charge in [-0.05, 0) is 18.6 Å². The normalized spacial score (nSPS) is 12.1. The SMILES string of the molecule is CC(O)COc1ccc(Cc2ccccc2)c2oc(C(=O)O)cc(=O)c12. The molecule has 0 saturated carbocycles. The van der Waals surface area contributed by atoms with Crippen molar-refractivity contribution >= 4 is 16.9 Å². The van der Waals surface area contributed by atoms with Crippen LogP contribution in [0.3, 0.4) is 0 Å². The number of benzene rings is 2. The van der Waals surface area contributed by atoms with Gasteiger partial charge in [-0.15, -0.1) is 0 Å². The Labute approximate surface area is 149 Å². The van der Waals surface area contributed by atoms with Crippen LogP contribution < -0.4 is 10.2 Å². The summed E-state index contributed by atoms with van der Waals surface area (Å²) < 4.78 is 11.0. The lowest BCUT2D eigenvalue weighted by molar-refractivity contribution is 0.0663. The van der Waals surface area contributed by atoms with Crippen molar-refractivity contribution in [3.63, 3.8) is 0 Å². The number of rotatable bonds is 6. The molecular formula is C20H18O6. The number of hydrogen-bond acceptors (Lipinski definition) is 5. The Balaban J connectivity index is 2.17. The van der Waals surface area contributed by atoms with Gasteiger partial charge in [-0.3, -0.25) is 4.79 Å². The summed E-state index contributed by atoms with van der Waals surface area (Å²) in [6, 6.07) is 13.9. The number of aromatic carboxylic acids is 1. The average Bonchev–Trinajstić information content (AvgIpc) is 2.61. The van der Waals surface area contributed by atoms with Crippen LogP contribution in [-0.4, -0.2) is 28.9 Å². The summed E-state index contributed by atoms with van der Waals surface area (Å²) in [5.74, 6) is -1.49. The lowest BCUT2D eigenvalue weighted by Crippen LogP contribution is -2.15. The summed E-state index contributed by atoms with van der Waals surface area (Å²) >= 11 is 0. The zero-order valence-electron chi connectivity index (χ0n) is 14.1. The third-order valence-electron chi connectivity index (χ3n) is 3.85. The smallest absolute Gasteiger partial charge is 0.371 e. The molecule has 1 atom stereocenters. The van der Waals surface area contributed by atoms with Gasteiger partial charge in [0.05, 0.1) is 6.10 Å². The van der Waals surface area contributed by atoms with Gasteiger partial charge in [0.25, 0.3) is 0 Å². The predicted octanol–water partition coefficient (Wildman–Crippen LogP) is 2.84. The summed E-state index contributed by atoms with van der Waals surface area (Å²) in [6.45, 7) is 1.57. The Morgan fingerprint density at radius 3 is 2.58 bits per heavy atom. The minimum absolute atomic E-state index is 0.00720. The molecule has 0 radical (unpaired) electrons. The van der Waals surface area contributed by atoms with Crippen LogP contribution in [0.5, 0.6) is 5.75 Å². The van der Waals surface area contributed by atoms with E-state index >= 15 is 0 Å². The van der Waals surface area contributed by atoms with E-state index in [1.165, 1.54) is 0 Å². The van der Waals surface area contributed by atoms with Gasteiger partial charge in [0.15, 0.2) is 5.43 Å². The van der Waals surface area contributed by atoms with Crippen LogP contribution in [-0.2, 0) is 6.42 Å². The quantitative estimate of drug-likeness (QED) is 0.706. The molecule has 3 aromatic rings. The molecule has 0 aliphatic carbocycles. The number of fused-ring (bicyclic) bond motifs is 1. The fourth-order valence-corrected chi connectivity index (χ4v) is 2.68. The molecule has 1 unspecified atom stereocenters. The molecule has 3 rings (SSSR count). The maximum Gasteiger partial charge on any atom is 0.371 e. The highest BCUT2D eigenvalue weighted by Gasteiger charge is 2.18. The first-order valence-corrected chi connectivity index (χ1v) is 8.13. The molecule has 0 aliphatic rings. The Kier molecular flexibility index (Phi) is 5.04. The third kappa shape index (κ3) is 3.75. The van der Waals surface area contributed by atoms with Crippen molar-refractivity contribution in [1.29, 1.82) is 0 Å². The van der Waals surface area contributed by atoms with Crippen molar-refractivity contribution in [2.75, 3.05) is 6.61 Å². The zero-order valence-corrected chi connectivity index (χ0v) is 14.1. The highest BCUT2D eigenvalue weighted by molar-refractivity contribution is 5.91. The number of hydrogen-bond donors (Lipinski definition) is 2. The van der Waals surface area contributed by atoms with E-state index in [4.69, 9.17) is 9.15 Å². The van der Waals surface area contributed by atoms with Crippen LogP contribution in [0.2, 0.25) is 0 Å². The van der Waals surface area contributed by atoms with Gasteiger partial charge < -0.3 is 19.4 Å². The van der Waals surface area contributed by atoms with Crippen molar-refractivity contribution in [2.24, 2.45) is 0 Å². The van der Waals surface area contributed by atoms with Gasteiger partial charge in [-0.1, -0.05) is 36.4 Å². The lowest BCUT2D eigenvalue weighted by atomic mass is 10.0. The van der Waals surface area contributed by atoms with E-state index in [1.54, 1.807) is 19.1 Å². The van der Waals surface area contributed by atoms with Gasteiger partial charge in [0.2, 0.25) is 5.76 Å². The minimum Gasteiger partial charge on any atom is -0.490 e. The van der Waals surface area contributed by atoms with E-state index in [9.17, 15) is 19.8 Å². The van der Waals surface area contributed by atoms with Crippen molar-refractivity contribution < 1.29 is 24.2 Å². The van der Waals surface area contributed by atoms with Crippen molar-refractivity contribution in [1.82, 2.24) is 0 Å². The predicted molar refractivity (Wildman–Crippen MR) is 95.9 cm³/mol. The van der Waals surface area contributed by atoms with E-state index in [0.29, 0.717) is 12.0 Å². The molecule has 2 aromatic carbocycles. The van der Waals surface area contributed by atoms with Crippen LogP contribution >= 0.6 is 0 Å². The molecule has 26 heavy (non-hydrogen) atoms. The summed E-state index contributed by atoms with van der Waals surface area (Å²) in [5, 5.41) is 18.8. The van der Waals surface area contributed by atoms with E-state index in [-0.39, 0.29) is 23.3 Å². The monoisotopic (exact) mass is 354 g/mol. The molecule has 2 N–H and O–H groups in total. The second kappa shape index (κ2) is 7.41. The van der Waals surface area contributed by atoms with E-state index in [2.05, 4.69) is 0 Å². The molecule has 6 nitrogen and oxygen atoms in total. The Morgan fingerprint density at radius 2 is 1.92 bits per heavy atom. The first-order valence-electron chi connectivity index (χ1n) is 8.13. The van der Waals surface area contributed by atoms with Crippen molar-refractivity contribution in [3.8, 4) is 5.75 Å². The van der Waals surface area contributed by atoms with Gasteiger partial charge >= 0.3 is 5.97 Å². The van der Waals surface area contributed by atoms with E-state index < -0.39 is 23.3 Å². The van der Waals surface area contributed by atoms with Gasteiger partial charge in [-0.25, -0.2) is 4.79 Å². The Hall–Kier alpha value is -3.12. The van der Waals surface area contributed by atoms with Crippen LogP contribution in [0.1, 0.15) is 28.6 Å². The molecular weight excluding hydrogens is 336 g/mol. The molecule has 0 amide bonds. The average molecular weight is 354 g/mol. The summed E-state index contributed by atoms with van der Waals surface area (Å²) in [7, 11) is 0. The van der Waals surface area contributed by atoms with Gasteiger partial charge in [0, 0.05) is 18.1 Å². The van der Waals surface area contributed by atoms with Crippen LogP contribution in [0.25, 0.3) is 11.0 Å². The standard InChI is InChI=1S/C20H18O6/c1-12(21)11-25-16-8-7-14(9-13-5-3-2-4-6-13)19-18(16)15(22)10-17(26-19)20(23)24/h2-8,10,12,21H,9,11H2,1H3,(H,23,24). The largest absolute Gasteiger partial charge is 0.490 e. The van der Waals surface area contributed by atoms with Crippen molar-refractivity contribution in [3.05, 3.63) is 75.6 Å². The summed E-state index contributed by atoms with van der Waals surface area (Å²) in [6.07, 6.45) is -0.237. The molecule has 6 heteroatoms. The minimum atomic E-state index is -1.31. The number of carboxylic acids is 1. The van der Waals surface area contributed by atoms with Crippen LogP contribution in [0.4, 0.5) is 0 Å². The third-order valence-corrected chi connectivity index (χ3v) is 3.85. The highest BCUT2D eigenvalue weighted by Crippen LogP contribution is 2.28. The second-order valence-electron chi connectivity index (χ2n) is 6.03.